The van der Waals surface area contributed by atoms with Crippen molar-refractivity contribution in [2.24, 2.45) is 5.73 Å². The molecule has 2 N–H and O–H groups in total. The fraction of sp³-hybridized carbons (Fsp3) is 1.00. The van der Waals surface area contributed by atoms with Crippen molar-refractivity contribution in [3.8, 4) is 0 Å². The third-order valence-corrected chi connectivity index (χ3v) is 4.80. The maximum atomic E-state index is 6.04. The Kier molecular flexibility index (Phi) is 3.18. The molecule has 3 aliphatic rings. The minimum absolute atomic E-state index is 0.480. The van der Waals surface area contributed by atoms with Crippen LogP contribution in [0.5, 0.6) is 0 Å². The van der Waals surface area contributed by atoms with Gasteiger partial charge in [0.25, 0.3) is 0 Å². The Morgan fingerprint density at radius 1 is 0.812 bits per heavy atom. The van der Waals surface area contributed by atoms with E-state index in [9.17, 15) is 0 Å². The highest BCUT2D eigenvalue weighted by Crippen LogP contribution is 2.27. The first-order valence-corrected chi connectivity index (χ1v) is 7.06. The quantitative estimate of drug-likeness (QED) is 0.721. The van der Waals surface area contributed by atoms with E-state index in [1.54, 1.807) is 0 Å². The summed E-state index contributed by atoms with van der Waals surface area (Å²) in [5.41, 5.74) is 6.04. The Labute approximate surface area is 99.0 Å². The van der Waals surface area contributed by atoms with Crippen LogP contribution in [-0.4, -0.2) is 54.1 Å². The molecular formula is C13H25N3. The van der Waals surface area contributed by atoms with Crippen LogP contribution < -0.4 is 5.73 Å². The van der Waals surface area contributed by atoms with Crippen LogP contribution in [0.25, 0.3) is 0 Å². The summed E-state index contributed by atoms with van der Waals surface area (Å²) < 4.78 is 0. The molecule has 0 aromatic heterocycles. The maximum absolute atomic E-state index is 6.04. The molecule has 3 nitrogen and oxygen atoms in total. The first-order chi connectivity index (χ1) is 7.83. The summed E-state index contributed by atoms with van der Waals surface area (Å²) in [6.45, 7) is 5.31. The van der Waals surface area contributed by atoms with E-state index < -0.39 is 0 Å². The molecule has 1 aliphatic carbocycles. The van der Waals surface area contributed by atoms with Gasteiger partial charge in [-0.25, -0.2) is 0 Å². The first kappa shape index (κ1) is 11.0. The molecule has 16 heavy (non-hydrogen) atoms. The Morgan fingerprint density at radius 2 is 1.62 bits per heavy atom. The molecule has 3 atom stereocenters. The number of nitrogens with two attached hydrogens (primary N) is 1. The topological polar surface area (TPSA) is 32.5 Å². The van der Waals surface area contributed by atoms with Crippen LogP contribution in [0.1, 0.15) is 38.5 Å². The number of rotatable bonds is 1. The Balaban J connectivity index is 1.62. The zero-order valence-corrected chi connectivity index (χ0v) is 10.3. The molecule has 2 aliphatic heterocycles. The molecule has 0 amide bonds. The summed E-state index contributed by atoms with van der Waals surface area (Å²) in [6.07, 6.45) is 8.04. The average Bonchev–Trinajstić information content (AvgIpc) is 2.83. The summed E-state index contributed by atoms with van der Waals surface area (Å²) in [5.74, 6) is 0. The van der Waals surface area contributed by atoms with Crippen molar-refractivity contribution in [2.75, 3.05) is 26.2 Å². The van der Waals surface area contributed by atoms with Crippen molar-refractivity contribution >= 4 is 0 Å². The largest absolute Gasteiger partial charge is 0.328 e. The zero-order valence-electron chi connectivity index (χ0n) is 10.3. The van der Waals surface area contributed by atoms with Gasteiger partial charge in [-0.15, -0.1) is 0 Å². The Hall–Kier alpha value is -0.120. The van der Waals surface area contributed by atoms with Crippen molar-refractivity contribution in [1.29, 1.82) is 0 Å². The van der Waals surface area contributed by atoms with Gasteiger partial charge >= 0.3 is 0 Å². The van der Waals surface area contributed by atoms with Crippen molar-refractivity contribution in [2.45, 2.75) is 56.7 Å². The van der Waals surface area contributed by atoms with Gasteiger partial charge in [0.2, 0.25) is 0 Å². The molecule has 0 bridgehead atoms. The molecule has 3 fully saturated rings. The first-order valence-electron chi connectivity index (χ1n) is 7.06. The predicted octanol–water partition coefficient (Wildman–Crippen LogP) is 1.04. The van der Waals surface area contributed by atoms with Gasteiger partial charge in [0.1, 0.15) is 0 Å². The number of nitrogens with zero attached hydrogens (tertiary/aromatic N) is 2. The van der Waals surface area contributed by atoms with E-state index in [1.807, 2.05) is 0 Å². The minimum atomic E-state index is 0.480. The lowest BCUT2D eigenvalue weighted by atomic mass is 10.1. The highest BCUT2D eigenvalue weighted by molar-refractivity contribution is 4.91. The van der Waals surface area contributed by atoms with Gasteiger partial charge in [0.05, 0.1) is 0 Å². The highest BCUT2D eigenvalue weighted by atomic mass is 15.3. The van der Waals surface area contributed by atoms with E-state index in [0.29, 0.717) is 6.04 Å². The predicted molar refractivity (Wildman–Crippen MR) is 66.4 cm³/mol. The van der Waals surface area contributed by atoms with Crippen molar-refractivity contribution in [3.63, 3.8) is 0 Å². The lowest BCUT2D eigenvalue weighted by molar-refractivity contribution is 0.173. The number of fused-ring (bicyclic) bond motifs is 1. The molecule has 2 saturated heterocycles. The molecule has 3 rings (SSSR count). The van der Waals surface area contributed by atoms with E-state index in [2.05, 4.69) is 9.80 Å². The maximum Gasteiger partial charge on any atom is 0.0223 e. The summed E-state index contributed by atoms with van der Waals surface area (Å²) in [6, 6.07) is 2.14. The normalized spacial score (nSPS) is 42.2. The van der Waals surface area contributed by atoms with Crippen LogP contribution in [0.15, 0.2) is 0 Å². The van der Waals surface area contributed by atoms with Crippen LogP contribution in [0.4, 0.5) is 0 Å². The monoisotopic (exact) mass is 223 g/mol. The second-order valence-electron chi connectivity index (χ2n) is 5.91. The molecule has 0 radical (unpaired) electrons. The molecule has 3 unspecified atom stereocenters. The van der Waals surface area contributed by atoms with Gasteiger partial charge in [-0.1, -0.05) is 0 Å². The van der Waals surface area contributed by atoms with E-state index in [-0.39, 0.29) is 0 Å². The highest BCUT2D eigenvalue weighted by Gasteiger charge is 2.33. The van der Waals surface area contributed by atoms with Crippen LogP contribution in [-0.2, 0) is 0 Å². The van der Waals surface area contributed by atoms with Crippen molar-refractivity contribution < 1.29 is 0 Å². The van der Waals surface area contributed by atoms with Gasteiger partial charge in [0.15, 0.2) is 0 Å². The van der Waals surface area contributed by atoms with Gasteiger partial charge in [-0.2, -0.15) is 0 Å². The summed E-state index contributed by atoms with van der Waals surface area (Å²) >= 11 is 0. The van der Waals surface area contributed by atoms with Gasteiger partial charge < -0.3 is 5.73 Å². The second-order valence-corrected chi connectivity index (χ2v) is 5.91. The van der Waals surface area contributed by atoms with Crippen molar-refractivity contribution in [1.82, 2.24) is 9.80 Å². The molecular weight excluding hydrogens is 198 g/mol. The molecule has 0 aromatic carbocycles. The van der Waals surface area contributed by atoms with Crippen molar-refractivity contribution in [3.05, 3.63) is 0 Å². The Bertz CT molecular complexity index is 243. The number of hydrogen-bond acceptors (Lipinski definition) is 3. The standard InChI is InChI=1S/C13H25N3/c14-11-4-5-12(9-11)16-8-2-7-15-6-1-3-13(15)10-16/h11-13H,1-10,14H2. The lowest BCUT2D eigenvalue weighted by Gasteiger charge is -2.30. The molecule has 92 valence electrons. The van der Waals surface area contributed by atoms with E-state index in [1.165, 1.54) is 64.7 Å². The summed E-state index contributed by atoms with van der Waals surface area (Å²) in [4.78, 5) is 5.47. The third-order valence-electron chi connectivity index (χ3n) is 4.80. The second kappa shape index (κ2) is 4.63. The summed E-state index contributed by atoms with van der Waals surface area (Å²) in [5, 5.41) is 0. The summed E-state index contributed by atoms with van der Waals surface area (Å²) in [7, 11) is 0. The van der Waals surface area contributed by atoms with Crippen LogP contribution in [0.3, 0.4) is 0 Å². The van der Waals surface area contributed by atoms with Crippen LogP contribution in [0, 0.1) is 0 Å². The number of hydrogen-bond donors (Lipinski definition) is 1. The molecule has 0 aromatic rings. The fourth-order valence-electron chi connectivity index (χ4n) is 3.89. The molecule has 2 heterocycles. The van der Waals surface area contributed by atoms with Gasteiger partial charge in [-0.3, -0.25) is 9.80 Å². The molecule has 0 spiro atoms. The van der Waals surface area contributed by atoms with Crippen LogP contribution >= 0.6 is 0 Å². The minimum Gasteiger partial charge on any atom is -0.328 e. The van der Waals surface area contributed by atoms with E-state index in [0.717, 1.165) is 12.1 Å². The SMILES string of the molecule is NC1CCC(N2CCCN3CCCC3C2)C1. The fourth-order valence-corrected chi connectivity index (χ4v) is 3.89. The lowest BCUT2D eigenvalue weighted by Crippen LogP contribution is -2.41. The van der Waals surface area contributed by atoms with Gasteiger partial charge in [-0.05, 0) is 58.2 Å². The molecule has 3 heteroatoms. The average molecular weight is 223 g/mol. The van der Waals surface area contributed by atoms with Crippen LogP contribution in [0.2, 0.25) is 0 Å². The molecule has 1 saturated carbocycles. The Morgan fingerprint density at radius 3 is 2.44 bits per heavy atom. The third kappa shape index (κ3) is 2.13. The van der Waals surface area contributed by atoms with E-state index >= 15 is 0 Å². The smallest absolute Gasteiger partial charge is 0.0223 e. The zero-order chi connectivity index (χ0) is 11.0. The van der Waals surface area contributed by atoms with Gasteiger partial charge in [0, 0.05) is 24.7 Å². The van der Waals surface area contributed by atoms with E-state index in [4.69, 9.17) is 5.73 Å².